The zero-order valence-electron chi connectivity index (χ0n) is 29.6. The summed E-state index contributed by atoms with van der Waals surface area (Å²) in [4.78, 5) is 12.9. The van der Waals surface area contributed by atoms with Crippen LogP contribution in [0.25, 0.3) is 0 Å². The molecular weight excluding hydrogens is 658 g/mol. The summed E-state index contributed by atoms with van der Waals surface area (Å²) < 4.78 is 47.0. The Morgan fingerprint density at radius 2 is 1.35 bits per heavy atom. The maximum Gasteiger partial charge on any atom is 0.397 e. The Labute approximate surface area is 294 Å². The van der Waals surface area contributed by atoms with E-state index in [1.807, 2.05) is 0 Å². The van der Waals surface area contributed by atoms with Crippen molar-refractivity contribution in [3.63, 3.8) is 0 Å². The molecule has 8 atom stereocenters. The van der Waals surface area contributed by atoms with Crippen molar-refractivity contribution in [2.75, 3.05) is 13.2 Å². The number of aliphatic hydroxyl groups is 5. The number of amides is 1. The normalized spacial score (nSPS) is 23.6. The van der Waals surface area contributed by atoms with E-state index in [0.717, 1.165) is 70.6 Å². The molecule has 0 aromatic heterocycles. The fourth-order valence-electron chi connectivity index (χ4n) is 5.57. The van der Waals surface area contributed by atoms with Gasteiger partial charge in [-0.15, -0.1) is 0 Å². The summed E-state index contributed by atoms with van der Waals surface area (Å²) in [7, 11) is -5.11. The van der Waals surface area contributed by atoms with E-state index in [9.17, 15) is 38.7 Å². The summed E-state index contributed by atoms with van der Waals surface area (Å²) in [5, 5.41) is 54.5. The summed E-state index contributed by atoms with van der Waals surface area (Å²) in [5.41, 5.74) is 0. The zero-order valence-corrected chi connectivity index (χ0v) is 30.4. The standard InChI is InChI=1S/C35H65NO12S/c1-3-5-7-9-11-12-13-14-15-16-17-18-20-22-24-29(39)34(42)36-27(28(38)23-21-19-10-8-6-4-2)26-46-35-32(41)33(48-49(43,44)45)31(40)30(25-37)47-35/h12-13,21,23,27-33,35,37-41H,3-11,14-20,22,24-26H2,1-2H3,(H,36,42)(H,43,44,45)/b13-12-,23-21+. The van der Waals surface area contributed by atoms with Crippen molar-refractivity contribution in [1.29, 1.82) is 0 Å². The predicted molar refractivity (Wildman–Crippen MR) is 187 cm³/mol. The van der Waals surface area contributed by atoms with Crippen LogP contribution in [0.3, 0.4) is 0 Å². The number of hydrogen-bond donors (Lipinski definition) is 7. The summed E-state index contributed by atoms with van der Waals surface area (Å²) in [5.74, 6) is -0.716. The van der Waals surface area contributed by atoms with Gasteiger partial charge in [-0.25, -0.2) is 4.18 Å². The van der Waals surface area contributed by atoms with Crippen LogP contribution in [0.5, 0.6) is 0 Å². The SMILES string of the molecule is CCCCCC/C=C\CCCCCCCCC(O)C(=O)NC(COC1OC(CO)C(O)C(OS(=O)(=O)O)C1O)C(O)/C=C/CCCCCC. The minimum absolute atomic E-state index is 0.235. The Hall–Kier alpha value is -1.46. The Kier molecular flexibility index (Phi) is 25.3. The molecular formula is C35H65NO12S. The molecule has 0 saturated carbocycles. The van der Waals surface area contributed by atoms with Crippen LogP contribution in [-0.2, 0) is 28.9 Å². The van der Waals surface area contributed by atoms with Gasteiger partial charge in [-0.1, -0.05) is 109 Å². The molecule has 8 unspecified atom stereocenters. The van der Waals surface area contributed by atoms with Gasteiger partial charge in [0.2, 0.25) is 5.91 Å². The second-order valence-corrected chi connectivity index (χ2v) is 14.0. The maximum atomic E-state index is 12.9. The second kappa shape index (κ2) is 27.2. The average Bonchev–Trinajstić information content (AvgIpc) is 3.06. The van der Waals surface area contributed by atoms with E-state index in [1.165, 1.54) is 31.8 Å². The van der Waals surface area contributed by atoms with Crippen LogP contribution < -0.4 is 5.32 Å². The number of rotatable bonds is 29. The van der Waals surface area contributed by atoms with Crippen LogP contribution in [0.15, 0.2) is 24.3 Å². The van der Waals surface area contributed by atoms with E-state index >= 15 is 0 Å². The molecule has 1 saturated heterocycles. The van der Waals surface area contributed by atoms with E-state index in [4.69, 9.17) is 14.0 Å². The number of hydrogen-bond acceptors (Lipinski definition) is 11. The fourth-order valence-corrected chi connectivity index (χ4v) is 6.08. The first-order chi connectivity index (χ1) is 23.4. The minimum atomic E-state index is -5.11. The Bertz CT molecular complexity index is 1010. The van der Waals surface area contributed by atoms with Gasteiger partial charge in [-0.05, 0) is 44.9 Å². The van der Waals surface area contributed by atoms with Crippen LogP contribution in [0.1, 0.15) is 129 Å². The molecule has 0 aromatic carbocycles. The fraction of sp³-hybridized carbons (Fsp3) is 0.857. The lowest BCUT2D eigenvalue weighted by molar-refractivity contribution is -0.298. The van der Waals surface area contributed by atoms with E-state index in [1.54, 1.807) is 6.08 Å². The van der Waals surface area contributed by atoms with E-state index in [2.05, 4.69) is 35.5 Å². The summed E-state index contributed by atoms with van der Waals surface area (Å²) in [6.07, 6.45) is 14.7. The maximum absolute atomic E-state index is 12.9. The molecule has 7 N–H and O–H groups in total. The summed E-state index contributed by atoms with van der Waals surface area (Å²) in [6.45, 7) is 3.05. The molecule has 1 aliphatic heterocycles. The number of aliphatic hydroxyl groups excluding tert-OH is 5. The molecule has 49 heavy (non-hydrogen) atoms. The second-order valence-electron chi connectivity index (χ2n) is 12.9. The molecule has 14 heteroatoms. The van der Waals surface area contributed by atoms with Crippen molar-refractivity contribution in [1.82, 2.24) is 5.32 Å². The monoisotopic (exact) mass is 723 g/mol. The van der Waals surface area contributed by atoms with Gasteiger partial charge in [0, 0.05) is 0 Å². The van der Waals surface area contributed by atoms with Crippen LogP contribution >= 0.6 is 0 Å². The summed E-state index contributed by atoms with van der Waals surface area (Å²) >= 11 is 0. The lowest BCUT2D eigenvalue weighted by atomic mass is 9.99. The third-order valence-electron chi connectivity index (χ3n) is 8.58. The molecule has 1 heterocycles. The smallest absolute Gasteiger partial charge is 0.394 e. The average molecular weight is 724 g/mol. The molecule has 0 aromatic rings. The van der Waals surface area contributed by atoms with Crippen molar-refractivity contribution >= 4 is 16.3 Å². The minimum Gasteiger partial charge on any atom is -0.394 e. The molecule has 1 rings (SSSR count). The highest BCUT2D eigenvalue weighted by Gasteiger charge is 2.48. The highest BCUT2D eigenvalue weighted by atomic mass is 32.3. The predicted octanol–water partition coefficient (Wildman–Crippen LogP) is 4.01. The lowest BCUT2D eigenvalue weighted by Crippen LogP contribution is -2.61. The first-order valence-electron chi connectivity index (χ1n) is 18.3. The molecule has 0 bridgehead atoms. The third kappa shape index (κ3) is 20.9. The van der Waals surface area contributed by atoms with Crippen LogP contribution in [0.4, 0.5) is 0 Å². The molecule has 13 nitrogen and oxygen atoms in total. The van der Waals surface area contributed by atoms with Gasteiger partial charge in [0.1, 0.15) is 30.5 Å². The quantitative estimate of drug-likeness (QED) is 0.0332. The molecule has 0 spiro atoms. The van der Waals surface area contributed by atoms with E-state index in [-0.39, 0.29) is 6.42 Å². The number of nitrogens with one attached hydrogen (secondary N) is 1. The zero-order chi connectivity index (χ0) is 36.5. The van der Waals surface area contributed by atoms with Gasteiger partial charge in [-0.2, -0.15) is 8.42 Å². The van der Waals surface area contributed by atoms with Crippen LogP contribution in [0, 0.1) is 0 Å². The molecule has 1 amide bonds. The Morgan fingerprint density at radius 1 is 0.816 bits per heavy atom. The summed E-state index contributed by atoms with van der Waals surface area (Å²) in [6, 6.07) is -1.12. The Balaban J connectivity index is 2.65. The van der Waals surface area contributed by atoms with Gasteiger partial charge in [-0.3, -0.25) is 9.35 Å². The highest BCUT2D eigenvalue weighted by Crippen LogP contribution is 2.26. The van der Waals surface area contributed by atoms with Gasteiger partial charge >= 0.3 is 10.4 Å². The number of carbonyl (C=O) groups is 1. The van der Waals surface area contributed by atoms with Crippen molar-refractivity contribution in [3.05, 3.63) is 24.3 Å². The van der Waals surface area contributed by atoms with Crippen molar-refractivity contribution in [2.45, 2.75) is 178 Å². The molecule has 288 valence electrons. The number of allylic oxidation sites excluding steroid dienone is 3. The molecule has 1 fully saturated rings. The molecule has 0 radical (unpaired) electrons. The van der Waals surface area contributed by atoms with Crippen molar-refractivity contribution in [2.24, 2.45) is 0 Å². The van der Waals surface area contributed by atoms with Crippen LogP contribution in [0.2, 0.25) is 0 Å². The molecule has 0 aliphatic carbocycles. The van der Waals surface area contributed by atoms with Gasteiger partial charge < -0.3 is 40.3 Å². The van der Waals surface area contributed by atoms with Gasteiger partial charge in [0.05, 0.1) is 25.4 Å². The van der Waals surface area contributed by atoms with Crippen LogP contribution in [-0.4, -0.2) is 107 Å². The number of ether oxygens (including phenoxy) is 2. The largest absolute Gasteiger partial charge is 0.397 e. The Morgan fingerprint density at radius 3 is 1.90 bits per heavy atom. The number of unbranched alkanes of at least 4 members (excludes halogenated alkanes) is 14. The third-order valence-corrected chi connectivity index (χ3v) is 9.05. The first kappa shape index (κ1) is 45.6. The van der Waals surface area contributed by atoms with E-state index < -0.39 is 78.5 Å². The highest BCUT2D eigenvalue weighted by molar-refractivity contribution is 7.80. The first-order valence-corrected chi connectivity index (χ1v) is 19.7. The number of carbonyl (C=O) groups excluding carboxylic acids is 1. The molecule has 1 aliphatic rings. The van der Waals surface area contributed by atoms with Crippen molar-refractivity contribution in [3.8, 4) is 0 Å². The van der Waals surface area contributed by atoms with Gasteiger partial charge in [0.15, 0.2) is 6.29 Å². The van der Waals surface area contributed by atoms with Gasteiger partial charge in [0.25, 0.3) is 0 Å². The lowest BCUT2D eigenvalue weighted by Gasteiger charge is -2.41. The van der Waals surface area contributed by atoms with Crippen molar-refractivity contribution < 1.29 is 57.0 Å². The van der Waals surface area contributed by atoms with E-state index in [0.29, 0.717) is 12.8 Å². The topological polar surface area (TPSA) is 212 Å².